The first-order valence-electron chi connectivity index (χ1n) is 4.05. The van der Waals surface area contributed by atoms with Gasteiger partial charge in [0.1, 0.15) is 0 Å². The van der Waals surface area contributed by atoms with Crippen molar-refractivity contribution in [2.75, 3.05) is 14.2 Å². The fraction of sp³-hybridized carbons (Fsp3) is 0.778. The molecule has 0 aromatic heterocycles. The fourth-order valence-electron chi connectivity index (χ4n) is 1.03. The first kappa shape index (κ1) is 10.7. The Morgan fingerprint density at radius 3 is 2.64 bits per heavy atom. The highest BCUT2D eigenvalue weighted by Gasteiger charge is 2.08. The molecule has 0 aliphatic rings. The number of methoxy groups -OCH3 is 1. The number of hydrogen-bond acceptors (Lipinski definition) is 2. The van der Waals surface area contributed by atoms with Crippen LogP contribution in [-0.4, -0.2) is 26.3 Å². The number of rotatable bonds is 6. The minimum atomic E-state index is 0.326. The van der Waals surface area contributed by atoms with E-state index in [4.69, 9.17) is 4.74 Å². The molecule has 2 heteroatoms. The lowest BCUT2D eigenvalue weighted by atomic mass is 10.1. The van der Waals surface area contributed by atoms with Crippen LogP contribution in [-0.2, 0) is 4.74 Å². The monoisotopic (exact) mass is 157 g/mol. The maximum atomic E-state index is 5.15. The van der Waals surface area contributed by atoms with Gasteiger partial charge in [0.15, 0.2) is 0 Å². The molecule has 0 saturated heterocycles. The molecule has 0 spiro atoms. The Hall–Kier alpha value is -0.340. The largest absolute Gasteiger partial charge is 0.382 e. The van der Waals surface area contributed by atoms with Gasteiger partial charge in [-0.2, -0.15) is 0 Å². The minimum absolute atomic E-state index is 0.326. The SMILES string of the molecule is C=CCC(CC(C)OC)NC. The molecule has 2 nitrogen and oxygen atoms in total. The second-order valence-electron chi connectivity index (χ2n) is 2.79. The summed E-state index contributed by atoms with van der Waals surface area (Å²) in [6.07, 6.45) is 4.31. The smallest absolute Gasteiger partial charge is 0.0558 e. The topological polar surface area (TPSA) is 21.3 Å². The van der Waals surface area contributed by atoms with Crippen molar-refractivity contribution in [1.29, 1.82) is 0 Å². The molecule has 0 radical (unpaired) electrons. The maximum absolute atomic E-state index is 5.15. The average molecular weight is 157 g/mol. The first-order valence-corrected chi connectivity index (χ1v) is 4.05. The summed E-state index contributed by atoms with van der Waals surface area (Å²) in [5, 5.41) is 3.22. The quantitative estimate of drug-likeness (QED) is 0.591. The molecule has 0 aromatic rings. The Balaban J connectivity index is 3.57. The van der Waals surface area contributed by atoms with Crippen molar-refractivity contribution in [1.82, 2.24) is 5.32 Å². The lowest BCUT2D eigenvalue weighted by Crippen LogP contribution is -2.28. The van der Waals surface area contributed by atoms with E-state index in [9.17, 15) is 0 Å². The number of hydrogen-bond donors (Lipinski definition) is 1. The van der Waals surface area contributed by atoms with Crippen LogP contribution in [0.5, 0.6) is 0 Å². The van der Waals surface area contributed by atoms with Gasteiger partial charge in [0.05, 0.1) is 6.10 Å². The third-order valence-electron chi connectivity index (χ3n) is 1.88. The predicted molar refractivity (Wildman–Crippen MR) is 48.7 cm³/mol. The van der Waals surface area contributed by atoms with Gasteiger partial charge < -0.3 is 10.1 Å². The molecule has 2 atom stereocenters. The molecule has 0 aromatic carbocycles. The van der Waals surface area contributed by atoms with Gasteiger partial charge in [-0.3, -0.25) is 0 Å². The Kier molecular flexibility index (Phi) is 6.18. The highest BCUT2D eigenvalue weighted by atomic mass is 16.5. The second-order valence-corrected chi connectivity index (χ2v) is 2.79. The highest BCUT2D eigenvalue weighted by molar-refractivity contribution is 4.78. The van der Waals surface area contributed by atoms with Crippen LogP contribution >= 0.6 is 0 Å². The lowest BCUT2D eigenvalue weighted by Gasteiger charge is -2.17. The highest BCUT2D eigenvalue weighted by Crippen LogP contribution is 2.04. The van der Waals surface area contributed by atoms with Gasteiger partial charge in [0, 0.05) is 13.2 Å². The summed E-state index contributed by atoms with van der Waals surface area (Å²) in [4.78, 5) is 0. The van der Waals surface area contributed by atoms with E-state index in [-0.39, 0.29) is 0 Å². The molecule has 66 valence electrons. The second kappa shape index (κ2) is 6.38. The molecule has 0 aliphatic heterocycles. The molecule has 0 aliphatic carbocycles. The fourth-order valence-corrected chi connectivity index (χ4v) is 1.03. The van der Waals surface area contributed by atoms with E-state index in [1.54, 1.807) is 7.11 Å². The molecule has 0 rings (SSSR count). The van der Waals surface area contributed by atoms with Crippen molar-refractivity contribution >= 4 is 0 Å². The molecular weight excluding hydrogens is 138 g/mol. The van der Waals surface area contributed by atoms with E-state index >= 15 is 0 Å². The summed E-state index contributed by atoms with van der Waals surface area (Å²) < 4.78 is 5.15. The summed E-state index contributed by atoms with van der Waals surface area (Å²) in [6.45, 7) is 5.78. The number of ether oxygens (including phenoxy) is 1. The molecule has 0 saturated carbocycles. The zero-order valence-corrected chi connectivity index (χ0v) is 7.76. The zero-order valence-electron chi connectivity index (χ0n) is 7.76. The van der Waals surface area contributed by atoms with Crippen LogP contribution in [0.25, 0.3) is 0 Å². The van der Waals surface area contributed by atoms with Crippen LogP contribution in [0.3, 0.4) is 0 Å². The molecule has 0 bridgehead atoms. The summed E-state index contributed by atoms with van der Waals surface area (Å²) in [5.41, 5.74) is 0. The summed E-state index contributed by atoms with van der Waals surface area (Å²) in [7, 11) is 3.71. The molecule has 11 heavy (non-hydrogen) atoms. The van der Waals surface area contributed by atoms with Crippen LogP contribution in [0, 0.1) is 0 Å². The third-order valence-corrected chi connectivity index (χ3v) is 1.88. The van der Waals surface area contributed by atoms with E-state index in [0.29, 0.717) is 12.1 Å². The Bertz CT molecular complexity index is 104. The van der Waals surface area contributed by atoms with E-state index in [0.717, 1.165) is 12.8 Å². The lowest BCUT2D eigenvalue weighted by molar-refractivity contribution is 0.102. The molecular formula is C9H19NO. The summed E-state index contributed by atoms with van der Waals surface area (Å²) >= 11 is 0. The normalized spacial score (nSPS) is 15.9. The van der Waals surface area contributed by atoms with Crippen LogP contribution in [0.4, 0.5) is 0 Å². The van der Waals surface area contributed by atoms with Crippen LogP contribution in [0.1, 0.15) is 19.8 Å². The molecule has 0 amide bonds. The molecule has 2 unspecified atom stereocenters. The molecule has 0 fully saturated rings. The standard InChI is InChI=1S/C9H19NO/c1-5-6-9(10-3)7-8(2)11-4/h5,8-10H,1,6-7H2,2-4H3. The predicted octanol–water partition coefficient (Wildman–Crippen LogP) is 1.58. The number of nitrogens with one attached hydrogen (secondary N) is 1. The third kappa shape index (κ3) is 4.99. The van der Waals surface area contributed by atoms with Crippen molar-refractivity contribution in [2.24, 2.45) is 0 Å². The average Bonchev–Trinajstić information content (AvgIpc) is 2.03. The maximum Gasteiger partial charge on any atom is 0.0558 e. The summed E-state index contributed by atoms with van der Waals surface area (Å²) in [6, 6.07) is 0.502. The Labute approximate surface area is 69.6 Å². The molecule has 1 N–H and O–H groups in total. The van der Waals surface area contributed by atoms with Crippen LogP contribution in [0.2, 0.25) is 0 Å². The van der Waals surface area contributed by atoms with Gasteiger partial charge in [0.2, 0.25) is 0 Å². The van der Waals surface area contributed by atoms with E-state index in [2.05, 4.69) is 18.8 Å². The summed E-state index contributed by atoms with van der Waals surface area (Å²) in [5.74, 6) is 0. The van der Waals surface area contributed by atoms with Gasteiger partial charge in [0.25, 0.3) is 0 Å². The van der Waals surface area contributed by atoms with E-state index < -0.39 is 0 Å². The minimum Gasteiger partial charge on any atom is -0.382 e. The first-order chi connectivity index (χ1) is 5.24. The van der Waals surface area contributed by atoms with Gasteiger partial charge in [-0.15, -0.1) is 6.58 Å². The van der Waals surface area contributed by atoms with Gasteiger partial charge in [-0.1, -0.05) is 6.08 Å². The Morgan fingerprint density at radius 1 is 1.64 bits per heavy atom. The van der Waals surface area contributed by atoms with Gasteiger partial charge in [-0.25, -0.2) is 0 Å². The van der Waals surface area contributed by atoms with Crippen LogP contribution < -0.4 is 5.32 Å². The van der Waals surface area contributed by atoms with E-state index in [1.165, 1.54) is 0 Å². The van der Waals surface area contributed by atoms with Crippen molar-refractivity contribution in [3.63, 3.8) is 0 Å². The van der Waals surface area contributed by atoms with Gasteiger partial charge >= 0.3 is 0 Å². The van der Waals surface area contributed by atoms with Crippen LogP contribution in [0.15, 0.2) is 12.7 Å². The van der Waals surface area contributed by atoms with Gasteiger partial charge in [-0.05, 0) is 26.8 Å². The zero-order chi connectivity index (χ0) is 8.69. The van der Waals surface area contributed by atoms with Crippen molar-refractivity contribution < 1.29 is 4.74 Å². The van der Waals surface area contributed by atoms with Crippen molar-refractivity contribution in [2.45, 2.75) is 31.9 Å². The Morgan fingerprint density at radius 2 is 2.27 bits per heavy atom. The van der Waals surface area contributed by atoms with Crippen molar-refractivity contribution in [3.8, 4) is 0 Å². The van der Waals surface area contributed by atoms with Crippen molar-refractivity contribution in [3.05, 3.63) is 12.7 Å². The van der Waals surface area contributed by atoms with E-state index in [1.807, 2.05) is 13.1 Å². The molecule has 0 heterocycles.